The van der Waals surface area contributed by atoms with Gasteiger partial charge in [-0.25, -0.2) is 18.1 Å². The largest absolute Gasteiger partial charge is 0.455 e. The number of pyridine rings is 1. The Morgan fingerprint density at radius 3 is 2.51 bits per heavy atom. The Morgan fingerprint density at radius 2 is 1.89 bits per heavy atom. The Bertz CT molecular complexity index is 1730. The van der Waals surface area contributed by atoms with E-state index in [1.807, 2.05) is 31.6 Å². The molecule has 3 heterocycles. The summed E-state index contributed by atoms with van der Waals surface area (Å²) in [4.78, 5) is 30.0. The molecule has 0 aliphatic rings. The van der Waals surface area contributed by atoms with Crippen molar-refractivity contribution >= 4 is 44.2 Å². The molecule has 0 radical (unpaired) electrons. The quantitative estimate of drug-likeness (QED) is 0.348. The highest BCUT2D eigenvalue weighted by Crippen LogP contribution is 2.33. The molecule has 10 nitrogen and oxygen atoms in total. The van der Waals surface area contributed by atoms with E-state index in [-0.39, 0.29) is 22.0 Å². The third kappa shape index (κ3) is 5.37. The third-order valence-corrected chi connectivity index (χ3v) is 6.61. The molecule has 4 aromatic rings. The molecular formula is C25H26ClN5O5S. The summed E-state index contributed by atoms with van der Waals surface area (Å²) >= 11 is 5.98. The molecule has 3 aromatic heterocycles. The van der Waals surface area contributed by atoms with Crippen LogP contribution >= 0.6 is 11.6 Å². The minimum Gasteiger partial charge on any atom is -0.455 e. The zero-order valence-corrected chi connectivity index (χ0v) is 22.7. The van der Waals surface area contributed by atoms with Gasteiger partial charge < -0.3 is 9.73 Å². The molecule has 0 saturated heterocycles. The van der Waals surface area contributed by atoms with E-state index in [1.54, 1.807) is 30.9 Å². The monoisotopic (exact) mass is 543 g/mol. The standard InChI is InChI=1S/C25H26ClN5O5S/c1-12-9-16(14(3)27-19-7-8-20(26)28-21(19)25(33)30-37(6,34)35)24-17(10-12)22(32)13(2)23(36-24)18-11-31(5)29-15(18)4/h7-11,14,27H,1-6H3,(H,30,33)/t14-/m1/s1. The fourth-order valence-electron chi connectivity index (χ4n) is 4.22. The lowest BCUT2D eigenvalue weighted by atomic mass is 9.99. The lowest BCUT2D eigenvalue weighted by Crippen LogP contribution is -2.31. The van der Waals surface area contributed by atoms with E-state index in [4.69, 9.17) is 16.0 Å². The number of hydrogen-bond donors (Lipinski definition) is 2. The van der Waals surface area contributed by atoms with Crippen molar-refractivity contribution in [1.82, 2.24) is 19.5 Å². The van der Waals surface area contributed by atoms with Gasteiger partial charge in [0.2, 0.25) is 10.0 Å². The Balaban J connectivity index is 1.85. The van der Waals surface area contributed by atoms with Crippen molar-refractivity contribution in [2.45, 2.75) is 33.7 Å². The van der Waals surface area contributed by atoms with Crippen LogP contribution in [-0.2, 0) is 17.1 Å². The molecule has 194 valence electrons. The lowest BCUT2D eigenvalue weighted by Gasteiger charge is -2.20. The van der Waals surface area contributed by atoms with Crippen molar-refractivity contribution in [3.8, 4) is 11.3 Å². The van der Waals surface area contributed by atoms with Crippen LogP contribution in [0.4, 0.5) is 5.69 Å². The predicted molar refractivity (Wildman–Crippen MR) is 142 cm³/mol. The van der Waals surface area contributed by atoms with Gasteiger partial charge in [-0.2, -0.15) is 5.10 Å². The summed E-state index contributed by atoms with van der Waals surface area (Å²) in [5.41, 5.74) is 3.73. The zero-order chi connectivity index (χ0) is 27.2. The number of aryl methyl sites for hydroxylation is 3. The number of nitrogens with zero attached hydrogens (tertiary/aromatic N) is 3. The normalized spacial score (nSPS) is 12.5. The van der Waals surface area contributed by atoms with Crippen LogP contribution < -0.4 is 15.5 Å². The molecule has 12 heteroatoms. The molecule has 4 rings (SSSR count). The first-order valence-electron chi connectivity index (χ1n) is 11.3. The number of halogens is 1. The number of carbonyl (C=O) groups excluding carboxylic acids is 1. The molecule has 0 fully saturated rings. The Labute approximate surface area is 218 Å². The van der Waals surface area contributed by atoms with Gasteiger partial charge in [0.25, 0.3) is 5.91 Å². The van der Waals surface area contributed by atoms with Crippen molar-refractivity contribution in [2.24, 2.45) is 7.05 Å². The highest BCUT2D eigenvalue weighted by molar-refractivity contribution is 7.89. The zero-order valence-electron chi connectivity index (χ0n) is 21.1. The first kappa shape index (κ1) is 26.4. The van der Waals surface area contributed by atoms with Gasteiger partial charge in [0.05, 0.1) is 34.6 Å². The molecule has 0 bridgehead atoms. The van der Waals surface area contributed by atoms with Crippen LogP contribution in [0.25, 0.3) is 22.3 Å². The summed E-state index contributed by atoms with van der Waals surface area (Å²) in [5, 5.41) is 8.01. The van der Waals surface area contributed by atoms with Crippen molar-refractivity contribution in [1.29, 1.82) is 0 Å². The first-order valence-corrected chi connectivity index (χ1v) is 13.6. The number of aromatic nitrogens is 3. The van der Waals surface area contributed by atoms with E-state index in [1.165, 1.54) is 12.1 Å². The minimum atomic E-state index is -3.82. The van der Waals surface area contributed by atoms with Gasteiger partial charge in [-0.1, -0.05) is 17.7 Å². The summed E-state index contributed by atoms with van der Waals surface area (Å²) in [6.07, 6.45) is 2.67. The number of fused-ring (bicyclic) bond motifs is 1. The number of nitrogens with one attached hydrogen (secondary N) is 2. The molecule has 2 N–H and O–H groups in total. The van der Waals surface area contributed by atoms with Crippen molar-refractivity contribution in [3.63, 3.8) is 0 Å². The molecule has 0 aliphatic heterocycles. The number of benzene rings is 1. The molecule has 1 aromatic carbocycles. The second kappa shape index (κ2) is 9.64. The Morgan fingerprint density at radius 1 is 1.19 bits per heavy atom. The molecule has 1 atom stereocenters. The van der Waals surface area contributed by atoms with Crippen molar-refractivity contribution in [2.75, 3.05) is 11.6 Å². The van der Waals surface area contributed by atoms with Gasteiger partial charge in [0.15, 0.2) is 11.1 Å². The maximum Gasteiger partial charge on any atom is 0.285 e. The molecule has 37 heavy (non-hydrogen) atoms. The van der Waals surface area contributed by atoms with Crippen molar-refractivity contribution in [3.05, 3.63) is 73.9 Å². The Kier molecular flexibility index (Phi) is 6.87. The van der Waals surface area contributed by atoms with Crippen LogP contribution in [0, 0.1) is 20.8 Å². The minimum absolute atomic E-state index is 0.0239. The van der Waals surface area contributed by atoms with E-state index in [9.17, 15) is 18.0 Å². The van der Waals surface area contributed by atoms with Crippen LogP contribution in [0.3, 0.4) is 0 Å². The fraction of sp³-hybridized carbons (Fsp3) is 0.280. The van der Waals surface area contributed by atoms with E-state index in [0.717, 1.165) is 17.5 Å². The van der Waals surface area contributed by atoms with Crippen LogP contribution in [0.15, 0.2) is 39.7 Å². The number of carbonyl (C=O) groups is 1. The van der Waals surface area contributed by atoms with E-state index < -0.39 is 22.0 Å². The number of sulfonamides is 1. The van der Waals surface area contributed by atoms with Gasteiger partial charge in [-0.15, -0.1) is 0 Å². The smallest absolute Gasteiger partial charge is 0.285 e. The molecular weight excluding hydrogens is 518 g/mol. The SMILES string of the molecule is Cc1cc([C@@H](C)Nc2ccc(Cl)nc2C(=O)NS(C)(=O)=O)c2oc(-c3cn(C)nc3C)c(C)c(=O)c2c1. The summed E-state index contributed by atoms with van der Waals surface area (Å²) in [6, 6.07) is 6.20. The molecule has 0 unspecified atom stereocenters. The maximum absolute atomic E-state index is 13.4. The predicted octanol–water partition coefficient (Wildman–Crippen LogP) is 4.03. The second-order valence-electron chi connectivity index (χ2n) is 9.02. The van der Waals surface area contributed by atoms with Gasteiger partial charge >= 0.3 is 0 Å². The third-order valence-electron chi connectivity index (χ3n) is 5.84. The Hall–Kier alpha value is -3.70. The van der Waals surface area contributed by atoms with Gasteiger partial charge in [0.1, 0.15) is 16.5 Å². The maximum atomic E-state index is 13.4. The summed E-state index contributed by atoms with van der Waals surface area (Å²) in [6.45, 7) is 7.27. The second-order valence-corrected chi connectivity index (χ2v) is 11.2. The number of anilines is 1. The van der Waals surface area contributed by atoms with Crippen LogP contribution in [0.1, 0.15) is 45.8 Å². The molecule has 0 spiro atoms. The number of amides is 1. The van der Waals surface area contributed by atoms with E-state index in [2.05, 4.69) is 15.4 Å². The highest BCUT2D eigenvalue weighted by Gasteiger charge is 2.23. The molecule has 1 amide bonds. The van der Waals surface area contributed by atoms with Gasteiger partial charge in [-0.05, 0) is 51.5 Å². The first-order chi connectivity index (χ1) is 17.2. The number of rotatable bonds is 6. The molecule has 0 saturated carbocycles. The van der Waals surface area contributed by atoms with Crippen LogP contribution in [-0.4, -0.2) is 35.3 Å². The topological polar surface area (TPSA) is 136 Å². The number of hydrogen-bond acceptors (Lipinski definition) is 8. The summed E-state index contributed by atoms with van der Waals surface area (Å²) in [7, 11) is -2.03. The lowest BCUT2D eigenvalue weighted by molar-refractivity contribution is 0.0977. The fourth-order valence-corrected chi connectivity index (χ4v) is 4.80. The summed E-state index contributed by atoms with van der Waals surface area (Å²) in [5.74, 6) is -0.493. The average Bonchev–Trinajstić information content (AvgIpc) is 3.13. The average molecular weight is 544 g/mol. The van der Waals surface area contributed by atoms with Gasteiger partial charge in [-0.3, -0.25) is 14.3 Å². The van der Waals surface area contributed by atoms with Crippen molar-refractivity contribution < 1.29 is 17.6 Å². The highest BCUT2D eigenvalue weighted by atomic mass is 35.5. The summed E-state index contributed by atoms with van der Waals surface area (Å²) < 4.78 is 33.2. The van der Waals surface area contributed by atoms with Gasteiger partial charge in [0, 0.05) is 24.4 Å². The van der Waals surface area contributed by atoms with Crippen LogP contribution in [0.5, 0.6) is 0 Å². The molecule has 0 aliphatic carbocycles. The van der Waals surface area contributed by atoms with Crippen LogP contribution in [0.2, 0.25) is 5.15 Å². The van der Waals surface area contributed by atoms with E-state index in [0.29, 0.717) is 33.4 Å². The van der Waals surface area contributed by atoms with E-state index >= 15 is 0 Å².